The van der Waals surface area contributed by atoms with Gasteiger partial charge in [0, 0.05) is 123 Å². The van der Waals surface area contributed by atoms with E-state index in [4.69, 9.17) is 14.3 Å². The molecule has 0 saturated carbocycles. The lowest BCUT2D eigenvalue weighted by atomic mass is 10.1. The summed E-state index contributed by atoms with van der Waals surface area (Å²) in [5.41, 5.74) is 3.93. The lowest BCUT2D eigenvalue weighted by Gasteiger charge is -2.36. The average molecular weight is 947 g/mol. The fourth-order valence-electron chi connectivity index (χ4n) is 6.62. The van der Waals surface area contributed by atoms with Gasteiger partial charge in [-0.15, -0.1) is 0 Å². The second-order valence-corrected chi connectivity index (χ2v) is 18.3. The molecule has 2 aliphatic rings. The Kier molecular flexibility index (Phi) is 29.3. The SMILES string of the molecule is C=O.CC.CC(C)(C)OC(=O)N1CCN(C(=O)OC(C)(C)C)CC1.CCC.CN(CCc1cncn1C)Cc1ccccc1.Cn1cncc1CCN(Cc1ccccc1)C(=O)[C@H]1CNCCN1. The van der Waals surface area contributed by atoms with E-state index in [0.29, 0.717) is 45.8 Å². The van der Waals surface area contributed by atoms with Crippen molar-refractivity contribution in [2.75, 3.05) is 66.0 Å². The zero-order valence-electron chi connectivity index (χ0n) is 43.8. The van der Waals surface area contributed by atoms with E-state index in [1.807, 2.05) is 123 Å². The number of imidazole rings is 2. The van der Waals surface area contributed by atoms with Gasteiger partial charge in [0.25, 0.3) is 0 Å². The summed E-state index contributed by atoms with van der Waals surface area (Å²) >= 11 is 0. The lowest BCUT2D eigenvalue weighted by Crippen LogP contribution is -2.56. The number of aromatic nitrogens is 4. The van der Waals surface area contributed by atoms with E-state index < -0.39 is 11.2 Å². The Balaban J connectivity index is 0.000000483. The molecule has 0 bridgehead atoms. The lowest BCUT2D eigenvalue weighted by molar-refractivity contribution is -0.134. The van der Waals surface area contributed by atoms with Crippen LogP contribution in [0.2, 0.25) is 0 Å². The fourth-order valence-corrected chi connectivity index (χ4v) is 6.62. The van der Waals surface area contributed by atoms with Crippen molar-refractivity contribution >= 4 is 24.9 Å². The summed E-state index contributed by atoms with van der Waals surface area (Å²) in [5.74, 6) is 0.160. The molecule has 2 aliphatic heterocycles. The first-order chi connectivity index (χ1) is 32.4. The molecule has 2 aromatic carbocycles. The fraction of sp³-hybridized carbons (Fsp3) is 0.577. The highest BCUT2D eigenvalue weighted by molar-refractivity contribution is 5.82. The second-order valence-electron chi connectivity index (χ2n) is 18.3. The zero-order valence-corrected chi connectivity index (χ0v) is 43.8. The van der Waals surface area contributed by atoms with Gasteiger partial charge in [0.15, 0.2) is 0 Å². The molecule has 4 aromatic rings. The van der Waals surface area contributed by atoms with E-state index in [1.54, 1.807) is 16.1 Å². The van der Waals surface area contributed by atoms with Crippen molar-refractivity contribution in [2.45, 2.75) is 119 Å². The number of likely N-dealkylation sites (N-methyl/N-ethyl adjacent to an activating group) is 1. The van der Waals surface area contributed by atoms with E-state index in [0.717, 1.165) is 50.3 Å². The van der Waals surface area contributed by atoms with Gasteiger partial charge in [-0.1, -0.05) is 94.8 Å². The number of rotatable bonds is 11. The molecule has 16 nitrogen and oxygen atoms in total. The standard InChI is InChI=1S/C18H25N5O.C14H19N3.C14H26N2O4.C3H8.C2H6.CH2O/c1-22-14-20-11-16(22)7-10-23(13-15-5-3-2-4-6-15)18(24)17-12-19-8-9-21-17;1-16(11-13-6-4-3-5-7-13)9-8-14-10-15-12-17(14)2;1-13(2,3)19-11(17)15-7-9-16(10-8-15)12(18)20-14(4,5)6;1-3-2;2*1-2/h2-6,11,14,17,19,21H,7-10,12-13H2,1H3;3-7,10,12H,8-9,11H2,1-2H3;7-10H2,1-6H3;3H2,1-2H3;1-2H3;1H2/t17-;;;;;/m1...../s1. The van der Waals surface area contributed by atoms with Gasteiger partial charge >= 0.3 is 12.2 Å². The van der Waals surface area contributed by atoms with Crippen LogP contribution in [0.25, 0.3) is 0 Å². The Morgan fingerprint density at radius 1 is 0.691 bits per heavy atom. The van der Waals surface area contributed by atoms with Crippen molar-refractivity contribution in [1.29, 1.82) is 0 Å². The van der Waals surface area contributed by atoms with Crippen LogP contribution in [-0.4, -0.2) is 147 Å². The second kappa shape index (κ2) is 33.0. The maximum Gasteiger partial charge on any atom is 0.410 e. The largest absolute Gasteiger partial charge is 0.444 e. The topological polar surface area (TPSA) is 159 Å². The molecular weight excluding hydrogens is 861 g/mol. The van der Waals surface area contributed by atoms with Crippen molar-refractivity contribution in [3.8, 4) is 0 Å². The number of aryl methyl sites for hydroxylation is 2. The number of nitrogens with one attached hydrogen (secondary N) is 2. The Hall–Kier alpha value is -5.58. The van der Waals surface area contributed by atoms with Crippen molar-refractivity contribution in [2.24, 2.45) is 14.1 Å². The van der Waals surface area contributed by atoms with Crippen LogP contribution in [0.3, 0.4) is 0 Å². The van der Waals surface area contributed by atoms with Crippen LogP contribution in [0.4, 0.5) is 9.59 Å². The van der Waals surface area contributed by atoms with Crippen LogP contribution in [0.15, 0.2) is 85.7 Å². The minimum absolute atomic E-state index is 0.144. The summed E-state index contributed by atoms with van der Waals surface area (Å²) in [6.45, 7) is 28.9. The number of nitrogens with zero attached hydrogens (tertiary/aromatic N) is 8. The number of hydrogen-bond acceptors (Lipinski definition) is 11. The first kappa shape index (κ1) is 60.4. The van der Waals surface area contributed by atoms with Crippen LogP contribution in [0.5, 0.6) is 0 Å². The Bertz CT molecular complexity index is 1890. The van der Waals surface area contributed by atoms with Gasteiger partial charge in [-0.3, -0.25) is 4.79 Å². The van der Waals surface area contributed by atoms with Crippen LogP contribution in [-0.2, 0) is 59.1 Å². The molecule has 68 heavy (non-hydrogen) atoms. The molecule has 2 aromatic heterocycles. The van der Waals surface area contributed by atoms with Crippen molar-refractivity contribution in [3.05, 3.63) is 108 Å². The molecule has 6 rings (SSSR count). The smallest absolute Gasteiger partial charge is 0.410 e. The molecule has 16 heteroatoms. The molecule has 2 saturated heterocycles. The summed E-state index contributed by atoms with van der Waals surface area (Å²) in [6.07, 6.45) is 9.89. The Morgan fingerprint density at radius 3 is 1.47 bits per heavy atom. The number of hydrogen-bond donors (Lipinski definition) is 2. The first-order valence-electron chi connectivity index (χ1n) is 24.0. The van der Waals surface area contributed by atoms with Crippen LogP contribution >= 0.6 is 0 Å². The van der Waals surface area contributed by atoms with Crippen LogP contribution in [0, 0.1) is 0 Å². The van der Waals surface area contributed by atoms with E-state index in [9.17, 15) is 14.4 Å². The molecule has 2 fully saturated rings. The molecule has 0 unspecified atom stereocenters. The molecular formula is C52H86N10O6. The Labute approximate surface area is 408 Å². The van der Waals surface area contributed by atoms with Gasteiger partial charge in [-0.2, -0.15) is 0 Å². The van der Waals surface area contributed by atoms with Crippen molar-refractivity contribution in [1.82, 2.24) is 49.3 Å². The number of carbonyl (C=O) groups is 4. The normalized spacial score (nSPS) is 14.4. The maximum absolute atomic E-state index is 12.9. The molecule has 0 aliphatic carbocycles. The molecule has 4 heterocycles. The monoisotopic (exact) mass is 947 g/mol. The highest BCUT2D eigenvalue weighted by Crippen LogP contribution is 2.15. The highest BCUT2D eigenvalue weighted by Gasteiger charge is 2.30. The third-order valence-electron chi connectivity index (χ3n) is 9.97. The van der Waals surface area contributed by atoms with E-state index in [-0.39, 0.29) is 24.1 Å². The van der Waals surface area contributed by atoms with E-state index in [1.165, 1.54) is 17.7 Å². The predicted octanol–water partition coefficient (Wildman–Crippen LogP) is 7.38. The van der Waals surface area contributed by atoms with Gasteiger partial charge in [0.05, 0.1) is 18.7 Å². The van der Waals surface area contributed by atoms with Gasteiger partial charge < -0.3 is 53.6 Å². The van der Waals surface area contributed by atoms with Gasteiger partial charge in [0.2, 0.25) is 5.91 Å². The molecule has 2 N–H and O–H groups in total. The van der Waals surface area contributed by atoms with Gasteiger partial charge in [-0.25, -0.2) is 19.6 Å². The van der Waals surface area contributed by atoms with Gasteiger partial charge in [-0.05, 0) is 59.7 Å². The number of ether oxygens (including phenoxy) is 2. The summed E-state index contributed by atoms with van der Waals surface area (Å²) in [6, 6.07) is 20.6. The summed E-state index contributed by atoms with van der Waals surface area (Å²) in [7, 11) is 6.18. The minimum Gasteiger partial charge on any atom is -0.444 e. The maximum atomic E-state index is 12.9. The number of carbonyl (C=O) groups excluding carboxylic acids is 4. The molecule has 0 spiro atoms. The van der Waals surface area contributed by atoms with E-state index >= 15 is 0 Å². The highest BCUT2D eigenvalue weighted by atomic mass is 16.6. The average Bonchev–Trinajstić information content (AvgIpc) is 3.94. The van der Waals surface area contributed by atoms with Crippen LogP contribution < -0.4 is 10.6 Å². The molecule has 0 radical (unpaired) electrons. The van der Waals surface area contributed by atoms with Crippen molar-refractivity contribution in [3.63, 3.8) is 0 Å². The third kappa shape index (κ3) is 25.0. The molecule has 1 atom stereocenters. The van der Waals surface area contributed by atoms with Crippen LogP contribution in [0.1, 0.15) is 98.2 Å². The third-order valence-corrected chi connectivity index (χ3v) is 9.97. The van der Waals surface area contributed by atoms with Gasteiger partial charge in [0.1, 0.15) is 18.0 Å². The zero-order chi connectivity index (χ0) is 51.1. The summed E-state index contributed by atoms with van der Waals surface area (Å²) in [5, 5.41) is 6.61. The number of amides is 3. The molecule has 3 amide bonds. The summed E-state index contributed by atoms with van der Waals surface area (Å²) in [4.78, 5) is 60.5. The quantitative estimate of drug-likeness (QED) is 0.155. The number of piperazine rings is 2. The minimum atomic E-state index is -0.501. The predicted molar refractivity (Wildman–Crippen MR) is 273 cm³/mol. The Morgan fingerprint density at radius 2 is 1.10 bits per heavy atom. The van der Waals surface area contributed by atoms with Crippen molar-refractivity contribution < 1.29 is 28.7 Å². The summed E-state index contributed by atoms with van der Waals surface area (Å²) < 4.78 is 14.7. The molecule has 380 valence electrons. The van der Waals surface area contributed by atoms with E-state index in [2.05, 4.69) is 93.4 Å². The number of benzene rings is 2. The first-order valence-corrected chi connectivity index (χ1v) is 24.0.